The van der Waals surface area contributed by atoms with Gasteiger partial charge in [0.05, 0.1) is 0 Å². The number of halogens is 2. The number of nitrogens with one attached hydrogen (secondary N) is 1. The zero-order valence-electron chi connectivity index (χ0n) is 9.04. The van der Waals surface area contributed by atoms with Gasteiger partial charge >= 0.3 is 0 Å². The summed E-state index contributed by atoms with van der Waals surface area (Å²) in [5, 5.41) is 2.90. The van der Waals surface area contributed by atoms with Crippen molar-refractivity contribution in [3.8, 4) is 0 Å². The van der Waals surface area contributed by atoms with E-state index in [2.05, 4.69) is 31.2 Å². The predicted octanol–water partition coefficient (Wildman–Crippen LogP) is 3.01. The average molecular weight is 297 g/mol. The van der Waals surface area contributed by atoms with Gasteiger partial charge in [-0.05, 0) is 46.6 Å². The topological polar surface area (TPSA) is 63.8 Å². The highest BCUT2D eigenvalue weighted by Gasteiger charge is 2.03. The van der Waals surface area contributed by atoms with Crippen molar-refractivity contribution >= 4 is 33.4 Å². The lowest BCUT2D eigenvalue weighted by atomic mass is 10.2. The van der Waals surface area contributed by atoms with E-state index in [0.29, 0.717) is 22.1 Å². The Labute approximate surface area is 106 Å². The van der Waals surface area contributed by atoms with Gasteiger partial charge in [-0.15, -0.1) is 0 Å². The van der Waals surface area contributed by atoms with Gasteiger partial charge in [-0.2, -0.15) is 4.98 Å². The standard InChI is InChI=1S/C11H10BrFN4/c1-6-2-7(13)4-8(3-6)15-11-16-9(12)5-10(14)17-11/h2-5H,1H3,(H3,14,15,16,17). The molecule has 0 aliphatic rings. The number of nitrogens with zero attached hydrogens (tertiary/aromatic N) is 2. The van der Waals surface area contributed by atoms with Crippen molar-refractivity contribution in [2.75, 3.05) is 11.1 Å². The summed E-state index contributed by atoms with van der Waals surface area (Å²) in [7, 11) is 0. The average Bonchev–Trinajstić information content (AvgIpc) is 2.13. The number of benzene rings is 1. The lowest BCUT2D eigenvalue weighted by molar-refractivity contribution is 0.627. The maximum atomic E-state index is 13.2. The van der Waals surface area contributed by atoms with E-state index in [1.165, 1.54) is 12.1 Å². The van der Waals surface area contributed by atoms with Crippen LogP contribution in [-0.4, -0.2) is 9.97 Å². The van der Waals surface area contributed by atoms with Gasteiger partial charge in [-0.1, -0.05) is 0 Å². The first kappa shape index (κ1) is 11.8. The fourth-order valence-corrected chi connectivity index (χ4v) is 1.83. The van der Waals surface area contributed by atoms with Crippen LogP contribution in [0, 0.1) is 12.7 Å². The fraction of sp³-hybridized carbons (Fsp3) is 0.0909. The molecule has 0 aliphatic carbocycles. The van der Waals surface area contributed by atoms with Gasteiger partial charge in [0.1, 0.15) is 16.2 Å². The summed E-state index contributed by atoms with van der Waals surface area (Å²) in [5.41, 5.74) is 6.98. The first-order valence-corrected chi connectivity index (χ1v) is 5.66. The van der Waals surface area contributed by atoms with Crippen LogP contribution in [0.15, 0.2) is 28.9 Å². The lowest BCUT2D eigenvalue weighted by Crippen LogP contribution is -2.01. The Kier molecular flexibility index (Phi) is 3.23. The molecule has 0 aliphatic heterocycles. The molecule has 0 fully saturated rings. The SMILES string of the molecule is Cc1cc(F)cc(Nc2nc(N)cc(Br)n2)c1. The molecule has 4 nitrogen and oxygen atoms in total. The van der Waals surface area contributed by atoms with Crippen molar-refractivity contribution in [1.82, 2.24) is 9.97 Å². The van der Waals surface area contributed by atoms with Gasteiger partial charge in [0.25, 0.3) is 0 Å². The van der Waals surface area contributed by atoms with Crippen LogP contribution in [0.3, 0.4) is 0 Å². The van der Waals surface area contributed by atoms with Gasteiger partial charge < -0.3 is 11.1 Å². The van der Waals surface area contributed by atoms with Crippen molar-refractivity contribution in [1.29, 1.82) is 0 Å². The van der Waals surface area contributed by atoms with E-state index in [1.54, 1.807) is 12.1 Å². The molecule has 1 heterocycles. The summed E-state index contributed by atoms with van der Waals surface area (Å²) in [6.07, 6.45) is 0. The largest absolute Gasteiger partial charge is 0.383 e. The highest BCUT2D eigenvalue weighted by atomic mass is 79.9. The van der Waals surface area contributed by atoms with Crippen LogP contribution in [0.25, 0.3) is 0 Å². The Hall–Kier alpha value is -1.69. The second-order valence-electron chi connectivity index (χ2n) is 3.58. The number of nitrogen functional groups attached to an aromatic ring is 1. The minimum absolute atomic E-state index is 0.310. The van der Waals surface area contributed by atoms with Gasteiger partial charge in [-0.25, -0.2) is 9.37 Å². The monoisotopic (exact) mass is 296 g/mol. The van der Waals surface area contributed by atoms with Gasteiger partial charge in [0.2, 0.25) is 5.95 Å². The van der Waals surface area contributed by atoms with E-state index in [0.717, 1.165) is 5.56 Å². The number of aromatic nitrogens is 2. The quantitative estimate of drug-likeness (QED) is 0.836. The van der Waals surface area contributed by atoms with Crippen LogP contribution >= 0.6 is 15.9 Å². The smallest absolute Gasteiger partial charge is 0.230 e. The minimum atomic E-state index is -0.310. The van der Waals surface area contributed by atoms with Gasteiger partial charge in [-0.3, -0.25) is 0 Å². The van der Waals surface area contributed by atoms with E-state index >= 15 is 0 Å². The van der Waals surface area contributed by atoms with E-state index < -0.39 is 0 Å². The van der Waals surface area contributed by atoms with E-state index in [9.17, 15) is 4.39 Å². The zero-order chi connectivity index (χ0) is 12.4. The van der Waals surface area contributed by atoms with Crippen molar-refractivity contribution in [2.24, 2.45) is 0 Å². The second-order valence-corrected chi connectivity index (χ2v) is 4.39. The molecule has 3 N–H and O–H groups in total. The molecule has 0 bridgehead atoms. The molecule has 0 saturated heterocycles. The summed E-state index contributed by atoms with van der Waals surface area (Å²) in [5.74, 6) is 0.347. The molecule has 0 amide bonds. The van der Waals surface area contributed by atoms with Crippen LogP contribution in [0.4, 0.5) is 21.8 Å². The summed E-state index contributed by atoms with van der Waals surface area (Å²) in [6, 6.07) is 6.19. The van der Waals surface area contributed by atoms with Gasteiger partial charge in [0.15, 0.2) is 0 Å². The van der Waals surface area contributed by atoms with Crippen LogP contribution in [0.1, 0.15) is 5.56 Å². The molecule has 1 aromatic heterocycles. The van der Waals surface area contributed by atoms with Crippen molar-refractivity contribution in [3.05, 3.63) is 40.2 Å². The van der Waals surface area contributed by atoms with Gasteiger partial charge in [0, 0.05) is 11.8 Å². The third kappa shape index (κ3) is 3.13. The Morgan fingerprint density at radius 2 is 2.00 bits per heavy atom. The van der Waals surface area contributed by atoms with E-state index in [-0.39, 0.29) is 5.82 Å². The molecule has 0 unspecified atom stereocenters. The lowest BCUT2D eigenvalue weighted by Gasteiger charge is -2.07. The molecule has 88 valence electrons. The number of aryl methyl sites for hydroxylation is 1. The molecule has 0 radical (unpaired) electrons. The van der Waals surface area contributed by atoms with E-state index in [4.69, 9.17) is 5.73 Å². The number of hydrogen-bond acceptors (Lipinski definition) is 4. The second kappa shape index (κ2) is 4.67. The molecule has 17 heavy (non-hydrogen) atoms. The summed E-state index contributed by atoms with van der Waals surface area (Å²) in [4.78, 5) is 8.07. The molecule has 2 aromatic rings. The third-order valence-corrected chi connectivity index (χ3v) is 2.42. The Bertz CT molecular complexity index is 469. The van der Waals surface area contributed by atoms with Crippen molar-refractivity contribution in [2.45, 2.75) is 6.92 Å². The first-order valence-electron chi connectivity index (χ1n) is 4.87. The predicted molar refractivity (Wildman–Crippen MR) is 68.6 cm³/mol. The zero-order valence-corrected chi connectivity index (χ0v) is 10.6. The first-order chi connectivity index (χ1) is 8.02. The number of rotatable bonds is 2. The number of anilines is 3. The Morgan fingerprint density at radius 3 is 2.65 bits per heavy atom. The minimum Gasteiger partial charge on any atom is -0.383 e. The summed E-state index contributed by atoms with van der Waals surface area (Å²) in [6.45, 7) is 1.81. The summed E-state index contributed by atoms with van der Waals surface area (Å²) < 4.78 is 13.7. The molecule has 0 atom stereocenters. The Balaban J connectivity index is 2.31. The van der Waals surface area contributed by atoms with Crippen molar-refractivity contribution < 1.29 is 4.39 Å². The molecule has 0 spiro atoms. The van der Waals surface area contributed by atoms with Crippen LogP contribution in [0.2, 0.25) is 0 Å². The number of hydrogen-bond donors (Lipinski definition) is 2. The van der Waals surface area contributed by atoms with Crippen LogP contribution < -0.4 is 11.1 Å². The molecular weight excluding hydrogens is 287 g/mol. The highest BCUT2D eigenvalue weighted by Crippen LogP contribution is 2.19. The normalized spacial score (nSPS) is 10.3. The van der Waals surface area contributed by atoms with Crippen molar-refractivity contribution in [3.63, 3.8) is 0 Å². The number of nitrogens with two attached hydrogens (primary N) is 1. The Morgan fingerprint density at radius 1 is 1.24 bits per heavy atom. The fourth-order valence-electron chi connectivity index (χ4n) is 1.43. The molecule has 6 heteroatoms. The maximum Gasteiger partial charge on any atom is 0.230 e. The molecular formula is C11H10BrFN4. The van der Waals surface area contributed by atoms with Crippen LogP contribution in [0.5, 0.6) is 0 Å². The molecule has 1 aromatic carbocycles. The third-order valence-electron chi connectivity index (χ3n) is 2.01. The van der Waals surface area contributed by atoms with Crippen LogP contribution in [-0.2, 0) is 0 Å². The van der Waals surface area contributed by atoms with E-state index in [1.807, 2.05) is 6.92 Å². The highest BCUT2D eigenvalue weighted by molar-refractivity contribution is 9.10. The maximum absolute atomic E-state index is 13.2. The molecule has 2 rings (SSSR count). The summed E-state index contributed by atoms with van der Waals surface area (Å²) >= 11 is 3.21. The molecule has 0 saturated carbocycles.